The summed E-state index contributed by atoms with van der Waals surface area (Å²) in [5.74, 6) is -1.65. The van der Waals surface area contributed by atoms with Gasteiger partial charge in [0.25, 0.3) is 10.0 Å². The van der Waals surface area contributed by atoms with Gasteiger partial charge in [-0.2, -0.15) is 5.10 Å². The van der Waals surface area contributed by atoms with E-state index >= 15 is 0 Å². The molecule has 0 saturated carbocycles. The van der Waals surface area contributed by atoms with Crippen LogP contribution in [0.1, 0.15) is 17.9 Å². The van der Waals surface area contributed by atoms with Gasteiger partial charge >= 0.3 is 5.97 Å². The second kappa shape index (κ2) is 6.85. The summed E-state index contributed by atoms with van der Waals surface area (Å²) < 4.78 is 33.7. The second-order valence-corrected chi connectivity index (χ2v) is 7.61. The number of para-hydroxylation sites is 1. The van der Waals surface area contributed by atoms with Crippen LogP contribution in [0.25, 0.3) is 0 Å². The van der Waals surface area contributed by atoms with E-state index in [2.05, 4.69) is 5.10 Å². The highest BCUT2D eigenvalue weighted by Gasteiger charge is 2.36. The Morgan fingerprint density at radius 2 is 2.16 bits per heavy atom. The number of methoxy groups -OCH3 is 1. The highest BCUT2D eigenvalue weighted by Crippen LogP contribution is 2.38. The molecule has 1 N–H and O–H groups in total. The first-order valence-electron chi connectivity index (χ1n) is 7.81. The third-order valence-corrected chi connectivity index (χ3v) is 5.99. The average molecular weight is 365 g/mol. The van der Waals surface area contributed by atoms with Gasteiger partial charge < -0.3 is 9.84 Å². The van der Waals surface area contributed by atoms with E-state index in [1.165, 1.54) is 21.4 Å². The lowest BCUT2D eigenvalue weighted by Crippen LogP contribution is -2.38. The first-order chi connectivity index (χ1) is 11.9. The number of ether oxygens (including phenoxy) is 1. The van der Waals surface area contributed by atoms with Gasteiger partial charge in [0.15, 0.2) is 0 Å². The van der Waals surface area contributed by atoms with Crippen molar-refractivity contribution in [2.75, 3.05) is 24.6 Å². The zero-order valence-electron chi connectivity index (χ0n) is 13.7. The van der Waals surface area contributed by atoms with Gasteiger partial charge in [-0.25, -0.2) is 8.42 Å². The van der Waals surface area contributed by atoms with Crippen LogP contribution < -0.4 is 4.31 Å². The molecule has 1 aliphatic heterocycles. The summed E-state index contributed by atoms with van der Waals surface area (Å²) in [5.41, 5.74) is 0.919. The minimum Gasteiger partial charge on any atom is -0.481 e. The van der Waals surface area contributed by atoms with Crippen LogP contribution in [0, 0.1) is 0 Å². The molecule has 1 aliphatic rings. The summed E-state index contributed by atoms with van der Waals surface area (Å²) in [6.45, 7) is 0.983. The molecule has 0 saturated heterocycles. The maximum atomic E-state index is 13.0. The summed E-state index contributed by atoms with van der Waals surface area (Å²) in [6, 6.07) is 6.72. The van der Waals surface area contributed by atoms with Crippen molar-refractivity contribution < 1.29 is 23.1 Å². The number of benzene rings is 1. The van der Waals surface area contributed by atoms with Crippen molar-refractivity contribution in [2.24, 2.45) is 0 Å². The van der Waals surface area contributed by atoms with Crippen LogP contribution in [0.4, 0.5) is 5.69 Å². The van der Waals surface area contributed by atoms with Gasteiger partial charge in [-0.3, -0.25) is 13.8 Å². The van der Waals surface area contributed by atoms with Crippen LogP contribution in [-0.2, 0) is 26.1 Å². The van der Waals surface area contributed by atoms with Gasteiger partial charge in [0.2, 0.25) is 0 Å². The molecule has 1 aromatic carbocycles. The fraction of sp³-hybridized carbons (Fsp3) is 0.375. The predicted molar refractivity (Wildman–Crippen MR) is 90.1 cm³/mol. The Kier molecular flexibility index (Phi) is 4.78. The van der Waals surface area contributed by atoms with Crippen molar-refractivity contribution in [1.82, 2.24) is 9.78 Å². The number of hydrogen-bond acceptors (Lipinski definition) is 5. The SMILES string of the molecule is COCCn1cc(S(=O)(=O)N2CCC(C(=O)O)c3ccccc32)cn1. The Bertz CT molecular complexity index is 877. The Hall–Kier alpha value is -2.39. The van der Waals surface area contributed by atoms with Gasteiger partial charge in [0.1, 0.15) is 4.90 Å². The van der Waals surface area contributed by atoms with E-state index < -0.39 is 21.9 Å². The van der Waals surface area contributed by atoms with Crippen molar-refractivity contribution >= 4 is 21.7 Å². The molecule has 0 spiro atoms. The lowest BCUT2D eigenvalue weighted by atomic mass is 9.91. The summed E-state index contributed by atoms with van der Waals surface area (Å²) in [4.78, 5) is 11.5. The van der Waals surface area contributed by atoms with E-state index in [0.29, 0.717) is 24.4 Å². The van der Waals surface area contributed by atoms with Crippen molar-refractivity contribution in [2.45, 2.75) is 23.8 Å². The van der Waals surface area contributed by atoms with E-state index in [9.17, 15) is 18.3 Å². The summed E-state index contributed by atoms with van der Waals surface area (Å²) in [5, 5.41) is 13.4. The van der Waals surface area contributed by atoms with Crippen LogP contribution >= 0.6 is 0 Å². The summed E-state index contributed by atoms with van der Waals surface area (Å²) >= 11 is 0. The number of aromatic nitrogens is 2. The minimum atomic E-state index is -3.81. The molecule has 0 radical (unpaired) electrons. The molecule has 0 amide bonds. The Labute approximate surface area is 145 Å². The van der Waals surface area contributed by atoms with Crippen LogP contribution in [0.5, 0.6) is 0 Å². The fourth-order valence-corrected chi connectivity index (χ4v) is 4.41. The number of carboxylic acid groups (broad SMARTS) is 1. The second-order valence-electron chi connectivity index (χ2n) is 5.75. The number of sulfonamides is 1. The Morgan fingerprint density at radius 1 is 1.40 bits per heavy atom. The Morgan fingerprint density at radius 3 is 2.88 bits per heavy atom. The van der Waals surface area contributed by atoms with E-state index in [-0.39, 0.29) is 17.9 Å². The molecule has 3 rings (SSSR count). The van der Waals surface area contributed by atoms with Gasteiger partial charge in [-0.05, 0) is 18.1 Å². The van der Waals surface area contributed by atoms with E-state index in [0.717, 1.165) is 0 Å². The quantitative estimate of drug-likeness (QED) is 0.828. The molecule has 9 heteroatoms. The first-order valence-corrected chi connectivity index (χ1v) is 9.25. The maximum absolute atomic E-state index is 13.0. The van der Waals surface area contributed by atoms with Gasteiger partial charge in [0, 0.05) is 19.9 Å². The zero-order valence-corrected chi connectivity index (χ0v) is 14.5. The largest absolute Gasteiger partial charge is 0.481 e. The van der Waals surface area contributed by atoms with Gasteiger partial charge in [-0.1, -0.05) is 18.2 Å². The molecule has 0 bridgehead atoms. The third-order valence-electron chi connectivity index (χ3n) is 4.22. The number of fused-ring (bicyclic) bond motifs is 1. The van der Waals surface area contributed by atoms with E-state index in [4.69, 9.17) is 4.74 Å². The molecule has 2 heterocycles. The molecule has 2 aromatic rings. The first kappa shape index (κ1) is 17.4. The zero-order chi connectivity index (χ0) is 18.0. The topological polar surface area (TPSA) is 102 Å². The van der Waals surface area contributed by atoms with Crippen molar-refractivity contribution in [1.29, 1.82) is 0 Å². The molecular formula is C16H19N3O5S. The van der Waals surface area contributed by atoms with E-state index in [1.807, 2.05) is 0 Å². The minimum absolute atomic E-state index is 0.0761. The van der Waals surface area contributed by atoms with Crippen molar-refractivity contribution in [3.8, 4) is 0 Å². The molecular weight excluding hydrogens is 346 g/mol. The molecule has 0 fully saturated rings. The van der Waals surface area contributed by atoms with Gasteiger partial charge in [-0.15, -0.1) is 0 Å². The molecule has 8 nitrogen and oxygen atoms in total. The van der Waals surface area contributed by atoms with Crippen molar-refractivity contribution in [3.05, 3.63) is 42.2 Å². The molecule has 1 aromatic heterocycles. The highest BCUT2D eigenvalue weighted by atomic mass is 32.2. The molecule has 1 unspecified atom stereocenters. The maximum Gasteiger partial charge on any atom is 0.311 e. The molecule has 134 valence electrons. The number of anilines is 1. The van der Waals surface area contributed by atoms with Gasteiger partial charge in [0.05, 0.1) is 31.0 Å². The normalized spacial score (nSPS) is 17.3. The number of rotatable bonds is 6. The number of carboxylic acids is 1. The standard InChI is InChI=1S/C16H19N3O5S/c1-24-9-8-18-11-12(10-17-18)25(22,23)19-7-6-14(16(20)21)13-4-2-3-5-15(13)19/h2-5,10-11,14H,6-9H2,1H3,(H,20,21). The van der Waals surface area contributed by atoms with Crippen molar-refractivity contribution in [3.63, 3.8) is 0 Å². The number of carbonyl (C=O) groups is 1. The number of nitrogens with zero attached hydrogens (tertiary/aromatic N) is 3. The van der Waals surface area contributed by atoms with E-state index in [1.54, 1.807) is 31.4 Å². The van der Waals surface area contributed by atoms with Crippen LogP contribution in [0.3, 0.4) is 0 Å². The molecule has 25 heavy (non-hydrogen) atoms. The predicted octanol–water partition coefficient (Wildman–Crippen LogP) is 1.30. The fourth-order valence-electron chi connectivity index (χ4n) is 2.95. The summed E-state index contributed by atoms with van der Waals surface area (Å²) in [6.07, 6.45) is 2.99. The monoisotopic (exact) mass is 365 g/mol. The van der Waals surface area contributed by atoms with Crippen LogP contribution in [-0.4, -0.2) is 49.5 Å². The number of aliphatic carboxylic acids is 1. The Balaban J connectivity index is 1.96. The lowest BCUT2D eigenvalue weighted by molar-refractivity contribution is -0.139. The highest BCUT2D eigenvalue weighted by molar-refractivity contribution is 7.92. The third kappa shape index (κ3) is 3.24. The van der Waals surface area contributed by atoms with Crippen LogP contribution in [0.2, 0.25) is 0 Å². The lowest BCUT2D eigenvalue weighted by Gasteiger charge is -2.33. The molecule has 1 atom stereocenters. The van der Waals surface area contributed by atoms with Crippen LogP contribution in [0.15, 0.2) is 41.6 Å². The number of hydrogen-bond donors (Lipinski definition) is 1. The average Bonchev–Trinajstić information content (AvgIpc) is 3.08. The molecule has 0 aliphatic carbocycles. The summed E-state index contributed by atoms with van der Waals surface area (Å²) in [7, 11) is -2.25. The smallest absolute Gasteiger partial charge is 0.311 e.